The van der Waals surface area contributed by atoms with E-state index in [2.05, 4.69) is 0 Å². The van der Waals surface area contributed by atoms with Crippen LogP contribution in [0.2, 0.25) is 0 Å². The quantitative estimate of drug-likeness (QED) is 0.855. The first kappa shape index (κ1) is 13.9. The van der Waals surface area contributed by atoms with E-state index < -0.39 is 10.8 Å². The van der Waals surface area contributed by atoms with E-state index in [4.69, 9.17) is 0 Å². The van der Waals surface area contributed by atoms with Crippen molar-refractivity contribution in [3.8, 4) is 0 Å². The van der Waals surface area contributed by atoms with Crippen LogP contribution in [0.5, 0.6) is 0 Å². The number of carbonyl (C=O) groups is 1. The molecule has 0 saturated heterocycles. The van der Waals surface area contributed by atoms with Crippen LogP contribution in [0.25, 0.3) is 0 Å². The van der Waals surface area contributed by atoms with Gasteiger partial charge in [0.25, 0.3) is 0 Å². The Balaban J connectivity index is 1.84. The smallest absolute Gasteiger partial charge is 0.231 e. The molecule has 0 bridgehead atoms. The van der Waals surface area contributed by atoms with Crippen LogP contribution in [0, 0.1) is 5.82 Å². The van der Waals surface area contributed by atoms with Crippen LogP contribution in [0.1, 0.15) is 5.56 Å². The number of fused-ring (bicyclic) bond motifs is 1. The maximum absolute atomic E-state index is 12.9. The molecule has 21 heavy (non-hydrogen) atoms. The second-order valence-electron chi connectivity index (χ2n) is 4.87. The summed E-state index contributed by atoms with van der Waals surface area (Å²) in [6.45, 7) is 0.448. The van der Waals surface area contributed by atoms with Crippen LogP contribution in [-0.2, 0) is 22.0 Å². The molecule has 1 amide bonds. The van der Waals surface area contributed by atoms with Crippen molar-refractivity contribution in [3.05, 3.63) is 59.9 Å². The van der Waals surface area contributed by atoms with Gasteiger partial charge in [0.1, 0.15) is 5.82 Å². The zero-order valence-electron chi connectivity index (χ0n) is 11.3. The second-order valence-corrected chi connectivity index (χ2v) is 6.41. The van der Waals surface area contributed by atoms with E-state index in [0.717, 1.165) is 5.56 Å². The van der Waals surface area contributed by atoms with Crippen molar-refractivity contribution in [2.75, 3.05) is 17.2 Å². The van der Waals surface area contributed by atoms with Crippen molar-refractivity contribution in [2.24, 2.45) is 0 Å². The summed E-state index contributed by atoms with van der Waals surface area (Å²) in [6, 6.07) is 13.2. The Hall–Kier alpha value is -2.01. The molecule has 3 nitrogen and oxygen atoms in total. The van der Waals surface area contributed by atoms with Crippen LogP contribution in [-0.4, -0.2) is 22.4 Å². The van der Waals surface area contributed by atoms with Gasteiger partial charge in [0.2, 0.25) is 5.91 Å². The number of hydrogen-bond acceptors (Lipinski definition) is 2. The van der Waals surface area contributed by atoms with Crippen LogP contribution in [0.4, 0.5) is 10.1 Å². The molecule has 1 atom stereocenters. The van der Waals surface area contributed by atoms with E-state index in [1.807, 2.05) is 18.2 Å². The summed E-state index contributed by atoms with van der Waals surface area (Å²) in [4.78, 5) is 14.8. The van der Waals surface area contributed by atoms with E-state index >= 15 is 0 Å². The van der Waals surface area contributed by atoms with Gasteiger partial charge in [-0.05, 0) is 29.8 Å². The van der Waals surface area contributed by atoms with Gasteiger partial charge in [-0.1, -0.05) is 24.3 Å². The first-order valence-corrected chi connectivity index (χ1v) is 7.99. The predicted molar refractivity (Wildman–Crippen MR) is 80.2 cm³/mol. The van der Waals surface area contributed by atoms with E-state index in [1.165, 1.54) is 12.1 Å². The number of anilines is 1. The van der Waals surface area contributed by atoms with Crippen LogP contribution in [0.15, 0.2) is 53.4 Å². The van der Waals surface area contributed by atoms with Gasteiger partial charge in [-0.25, -0.2) is 4.39 Å². The van der Waals surface area contributed by atoms with Crippen LogP contribution in [0.3, 0.4) is 0 Å². The fraction of sp³-hybridized carbons (Fsp3) is 0.188. The topological polar surface area (TPSA) is 37.4 Å². The van der Waals surface area contributed by atoms with Crippen LogP contribution < -0.4 is 4.90 Å². The first-order valence-electron chi connectivity index (χ1n) is 6.67. The van der Waals surface area contributed by atoms with Crippen molar-refractivity contribution in [2.45, 2.75) is 11.3 Å². The number of rotatable bonds is 2. The Morgan fingerprint density at radius 1 is 1.14 bits per heavy atom. The number of benzene rings is 2. The van der Waals surface area contributed by atoms with Gasteiger partial charge in [0, 0.05) is 12.3 Å². The summed E-state index contributed by atoms with van der Waals surface area (Å²) in [6.07, 6.45) is 0.210. The zero-order chi connectivity index (χ0) is 14.8. The molecule has 108 valence electrons. The number of hydrogen-bond donors (Lipinski definition) is 0. The molecule has 0 fully saturated rings. The Bertz CT molecular complexity index is 700. The third kappa shape index (κ3) is 2.88. The van der Waals surface area contributed by atoms with Gasteiger partial charge in [0.15, 0.2) is 0 Å². The Morgan fingerprint density at radius 2 is 1.86 bits per heavy atom. The molecule has 1 unspecified atom stereocenters. The first-order chi connectivity index (χ1) is 10.1. The lowest BCUT2D eigenvalue weighted by Gasteiger charge is -2.29. The summed E-state index contributed by atoms with van der Waals surface area (Å²) in [5.74, 6) is 0.0716. The zero-order valence-corrected chi connectivity index (χ0v) is 12.1. The average Bonchev–Trinajstić information content (AvgIpc) is 2.50. The van der Waals surface area contributed by atoms with Gasteiger partial charge < -0.3 is 4.90 Å². The van der Waals surface area contributed by atoms with Crippen LogP contribution >= 0.6 is 0 Å². The number of carbonyl (C=O) groups excluding carboxylic acids is 1. The molecule has 0 N–H and O–H groups in total. The summed E-state index contributed by atoms with van der Waals surface area (Å²) >= 11 is 0. The fourth-order valence-corrected chi connectivity index (χ4v) is 3.62. The summed E-state index contributed by atoms with van der Waals surface area (Å²) in [7, 11) is -1.05. The van der Waals surface area contributed by atoms with E-state index in [0.29, 0.717) is 22.9 Å². The van der Waals surface area contributed by atoms with Gasteiger partial charge >= 0.3 is 0 Å². The minimum atomic E-state index is -1.05. The van der Waals surface area contributed by atoms with Crippen molar-refractivity contribution >= 4 is 22.4 Å². The van der Waals surface area contributed by atoms with Gasteiger partial charge in [-0.2, -0.15) is 0 Å². The Labute approximate surface area is 124 Å². The standard InChI is InChI=1S/C16H14FNO2S/c17-13-7-5-12(6-8-13)11-16(19)18-9-10-21(20)15-4-2-1-3-14(15)18/h1-8H,9-11H2. The molecule has 0 saturated carbocycles. The van der Waals surface area contributed by atoms with E-state index in [1.54, 1.807) is 23.1 Å². The highest BCUT2D eigenvalue weighted by molar-refractivity contribution is 7.85. The lowest BCUT2D eigenvalue weighted by molar-refractivity contribution is -0.118. The maximum atomic E-state index is 12.9. The molecule has 1 aliphatic heterocycles. The monoisotopic (exact) mass is 303 g/mol. The normalized spacial score (nSPS) is 17.4. The Kier molecular flexibility index (Phi) is 3.84. The summed E-state index contributed by atoms with van der Waals surface area (Å²) in [5, 5.41) is 0. The fourth-order valence-electron chi connectivity index (χ4n) is 2.41. The van der Waals surface area contributed by atoms with Gasteiger partial charge in [-0.3, -0.25) is 9.00 Å². The highest BCUT2D eigenvalue weighted by atomic mass is 32.2. The number of nitrogens with zero attached hydrogens (tertiary/aromatic N) is 1. The highest BCUT2D eigenvalue weighted by Gasteiger charge is 2.26. The minimum absolute atomic E-state index is 0.0641. The van der Waals surface area contributed by atoms with Gasteiger partial charge in [0.05, 0.1) is 27.8 Å². The molecule has 0 spiro atoms. The summed E-state index contributed by atoms with van der Waals surface area (Å²) in [5.41, 5.74) is 1.49. The average molecular weight is 303 g/mol. The molecule has 5 heteroatoms. The molecule has 1 heterocycles. The molecular weight excluding hydrogens is 289 g/mol. The minimum Gasteiger partial charge on any atom is -0.310 e. The largest absolute Gasteiger partial charge is 0.310 e. The van der Waals surface area contributed by atoms with E-state index in [9.17, 15) is 13.4 Å². The second kappa shape index (κ2) is 5.77. The number of halogens is 1. The summed E-state index contributed by atoms with van der Waals surface area (Å²) < 4.78 is 24.9. The molecular formula is C16H14FNO2S. The van der Waals surface area contributed by atoms with Crippen molar-refractivity contribution in [3.63, 3.8) is 0 Å². The lowest BCUT2D eigenvalue weighted by Crippen LogP contribution is -2.39. The molecule has 2 aromatic rings. The molecule has 2 aromatic carbocycles. The van der Waals surface area contributed by atoms with Crippen molar-refractivity contribution in [1.29, 1.82) is 0 Å². The van der Waals surface area contributed by atoms with Gasteiger partial charge in [-0.15, -0.1) is 0 Å². The third-order valence-corrected chi connectivity index (χ3v) is 4.86. The van der Waals surface area contributed by atoms with Crippen molar-refractivity contribution in [1.82, 2.24) is 0 Å². The maximum Gasteiger partial charge on any atom is 0.231 e. The highest BCUT2D eigenvalue weighted by Crippen LogP contribution is 2.28. The number of amides is 1. The lowest BCUT2D eigenvalue weighted by atomic mass is 10.1. The SMILES string of the molecule is O=C(Cc1ccc(F)cc1)N1CCS(=O)c2ccccc21. The predicted octanol–water partition coefficient (Wildman–Crippen LogP) is 2.52. The molecule has 1 aliphatic rings. The van der Waals surface area contributed by atoms with Crippen molar-refractivity contribution < 1.29 is 13.4 Å². The molecule has 0 aliphatic carbocycles. The molecule has 3 rings (SSSR count). The third-order valence-electron chi connectivity index (χ3n) is 3.47. The molecule has 0 aromatic heterocycles. The molecule has 0 radical (unpaired) electrons. The number of para-hydroxylation sites is 1. The van der Waals surface area contributed by atoms with E-state index in [-0.39, 0.29) is 18.1 Å². The Morgan fingerprint density at radius 3 is 2.62 bits per heavy atom.